The molecule has 0 atom stereocenters. The molecule has 27 heavy (non-hydrogen) atoms. The maximum atomic E-state index is 12.9. The molecule has 4 nitrogen and oxygen atoms in total. The number of rotatable bonds is 5. The molecule has 1 aliphatic carbocycles. The SMILES string of the molecule is Cc1ccc(OCCOC(=O)c2c3c(nc4ccccc24)CCCC3)cc1. The van der Waals surface area contributed by atoms with Crippen molar-refractivity contribution in [1.29, 1.82) is 0 Å². The lowest BCUT2D eigenvalue weighted by molar-refractivity contribution is 0.0451. The van der Waals surface area contributed by atoms with Crippen molar-refractivity contribution in [3.63, 3.8) is 0 Å². The van der Waals surface area contributed by atoms with E-state index in [1.807, 2.05) is 55.5 Å². The maximum Gasteiger partial charge on any atom is 0.339 e. The van der Waals surface area contributed by atoms with Gasteiger partial charge in [0.25, 0.3) is 0 Å². The van der Waals surface area contributed by atoms with Crippen LogP contribution in [-0.4, -0.2) is 24.2 Å². The second kappa shape index (κ2) is 7.78. The molecule has 0 amide bonds. The predicted molar refractivity (Wildman–Crippen MR) is 105 cm³/mol. The van der Waals surface area contributed by atoms with Crippen LogP contribution in [0.5, 0.6) is 5.75 Å². The van der Waals surface area contributed by atoms with Crippen molar-refractivity contribution in [1.82, 2.24) is 4.98 Å². The summed E-state index contributed by atoms with van der Waals surface area (Å²) >= 11 is 0. The number of ether oxygens (including phenoxy) is 2. The van der Waals surface area contributed by atoms with Gasteiger partial charge in [-0.3, -0.25) is 4.98 Å². The number of nitrogens with zero attached hydrogens (tertiary/aromatic N) is 1. The Morgan fingerprint density at radius 2 is 1.78 bits per heavy atom. The smallest absolute Gasteiger partial charge is 0.339 e. The summed E-state index contributed by atoms with van der Waals surface area (Å²) in [6.45, 7) is 2.59. The molecule has 0 unspecified atom stereocenters. The van der Waals surface area contributed by atoms with Crippen molar-refractivity contribution in [3.05, 3.63) is 70.9 Å². The van der Waals surface area contributed by atoms with Crippen LogP contribution >= 0.6 is 0 Å². The van der Waals surface area contributed by atoms with Crippen LogP contribution in [0.15, 0.2) is 48.5 Å². The number of aryl methyl sites for hydroxylation is 2. The van der Waals surface area contributed by atoms with Gasteiger partial charge < -0.3 is 9.47 Å². The number of esters is 1. The average molecular weight is 361 g/mol. The molecule has 138 valence electrons. The monoisotopic (exact) mass is 361 g/mol. The van der Waals surface area contributed by atoms with E-state index < -0.39 is 0 Å². The molecule has 1 aliphatic rings. The summed E-state index contributed by atoms with van der Waals surface area (Å²) in [6, 6.07) is 15.6. The van der Waals surface area contributed by atoms with E-state index in [-0.39, 0.29) is 12.6 Å². The highest BCUT2D eigenvalue weighted by Crippen LogP contribution is 2.29. The van der Waals surface area contributed by atoms with Crippen molar-refractivity contribution < 1.29 is 14.3 Å². The Labute approximate surface area is 159 Å². The molecule has 3 aromatic rings. The van der Waals surface area contributed by atoms with Crippen molar-refractivity contribution in [2.45, 2.75) is 32.6 Å². The number of pyridine rings is 1. The molecule has 0 spiro atoms. The first-order valence-electron chi connectivity index (χ1n) is 9.49. The third-order valence-corrected chi connectivity index (χ3v) is 4.98. The fourth-order valence-corrected chi connectivity index (χ4v) is 3.61. The summed E-state index contributed by atoms with van der Waals surface area (Å²) < 4.78 is 11.2. The molecule has 1 heterocycles. The van der Waals surface area contributed by atoms with E-state index in [4.69, 9.17) is 14.5 Å². The van der Waals surface area contributed by atoms with E-state index in [1.165, 1.54) is 5.56 Å². The molecule has 1 aromatic heterocycles. The molecule has 4 heteroatoms. The highest BCUT2D eigenvalue weighted by molar-refractivity contribution is 6.05. The highest BCUT2D eigenvalue weighted by atomic mass is 16.6. The number of aromatic nitrogens is 1. The van der Waals surface area contributed by atoms with Crippen LogP contribution in [-0.2, 0) is 17.6 Å². The minimum Gasteiger partial charge on any atom is -0.490 e. The van der Waals surface area contributed by atoms with E-state index in [9.17, 15) is 4.79 Å². The lowest BCUT2D eigenvalue weighted by Gasteiger charge is -2.20. The molecule has 0 radical (unpaired) electrons. The molecule has 0 saturated heterocycles. The second-order valence-electron chi connectivity index (χ2n) is 6.93. The Morgan fingerprint density at radius 1 is 1.00 bits per heavy atom. The Balaban J connectivity index is 1.49. The van der Waals surface area contributed by atoms with Crippen molar-refractivity contribution in [3.8, 4) is 5.75 Å². The van der Waals surface area contributed by atoms with E-state index in [1.54, 1.807) is 0 Å². The number of hydrogen-bond acceptors (Lipinski definition) is 4. The first kappa shape index (κ1) is 17.5. The Kier molecular flexibility index (Phi) is 5.05. The molecule has 0 fully saturated rings. The lowest BCUT2D eigenvalue weighted by Crippen LogP contribution is -2.18. The van der Waals surface area contributed by atoms with Gasteiger partial charge in [0, 0.05) is 11.1 Å². The van der Waals surface area contributed by atoms with E-state index >= 15 is 0 Å². The van der Waals surface area contributed by atoms with Gasteiger partial charge in [0.15, 0.2) is 0 Å². The Bertz CT molecular complexity index is 963. The van der Waals surface area contributed by atoms with E-state index in [0.29, 0.717) is 12.2 Å². The molecule has 2 aromatic carbocycles. The van der Waals surface area contributed by atoms with Gasteiger partial charge in [-0.05, 0) is 56.4 Å². The fourth-order valence-electron chi connectivity index (χ4n) is 3.61. The summed E-state index contributed by atoms with van der Waals surface area (Å²) in [7, 11) is 0. The van der Waals surface area contributed by atoms with Crippen molar-refractivity contribution >= 4 is 16.9 Å². The Morgan fingerprint density at radius 3 is 2.63 bits per heavy atom. The minimum atomic E-state index is -0.278. The number of carbonyl (C=O) groups is 1. The summed E-state index contributed by atoms with van der Waals surface area (Å²) in [5.41, 5.74) is 4.84. The number of benzene rings is 2. The second-order valence-corrected chi connectivity index (χ2v) is 6.93. The van der Waals surface area contributed by atoms with Gasteiger partial charge >= 0.3 is 5.97 Å². The molecular formula is C23H23NO3. The van der Waals surface area contributed by atoms with Crippen LogP contribution in [0, 0.1) is 6.92 Å². The maximum absolute atomic E-state index is 12.9. The number of para-hydroxylation sites is 1. The van der Waals surface area contributed by atoms with Crippen LogP contribution in [0.1, 0.15) is 40.0 Å². The lowest BCUT2D eigenvalue weighted by atomic mass is 9.90. The van der Waals surface area contributed by atoms with Gasteiger partial charge in [-0.1, -0.05) is 35.9 Å². The first-order chi connectivity index (χ1) is 13.2. The summed E-state index contributed by atoms with van der Waals surface area (Å²) in [6.07, 6.45) is 4.02. The van der Waals surface area contributed by atoms with Gasteiger partial charge in [0.2, 0.25) is 0 Å². The topological polar surface area (TPSA) is 48.4 Å². The zero-order valence-electron chi connectivity index (χ0n) is 15.5. The zero-order chi connectivity index (χ0) is 18.6. The largest absolute Gasteiger partial charge is 0.490 e. The predicted octanol–water partition coefficient (Wildman–Crippen LogP) is 4.66. The number of hydrogen-bond donors (Lipinski definition) is 0. The fraction of sp³-hybridized carbons (Fsp3) is 0.304. The quantitative estimate of drug-likeness (QED) is 0.490. The first-order valence-corrected chi connectivity index (χ1v) is 9.49. The summed E-state index contributed by atoms with van der Waals surface area (Å²) in [5, 5.41) is 0.877. The van der Waals surface area contributed by atoms with Crippen LogP contribution in [0.4, 0.5) is 0 Å². The van der Waals surface area contributed by atoms with Gasteiger partial charge in [-0.2, -0.15) is 0 Å². The molecule has 0 saturated carbocycles. The zero-order valence-corrected chi connectivity index (χ0v) is 15.5. The van der Waals surface area contributed by atoms with Gasteiger partial charge in [-0.15, -0.1) is 0 Å². The van der Waals surface area contributed by atoms with Crippen molar-refractivity contribution in [2.24, 2.45) is 0 Å². The van der Waals surface area contributed by atoms with E-state index in [0.717, 1.165) is 53.6 Å². The van der Waals surface area contributed by atoms with Crippen LogP contribution < -0.4 is 4.74 Å². The summed E-state index contributed by atoms with van der Waals surface area (Å²) in [4.78, 5) is 17.7. The van der Waals surface area contributed by atoms with Gasteiger partial charge in [0.1, 0.15) is 19.0 Å². The van der Waals surface area contributed by atoms with Gasteiger partial charge in [-0.25, -0.2) is 4.79 Å². The van der Waals surface area contributed by atoms with Gasteiger partial charge in [0.05, 0.1) is 11.1 Å². The van der Waals surface area contributed by atoms with E-state index in [2.05, 4.69) is 0 Å². The molecule has 0 N–H and O–H groups in total. The number of carbonyl (C=O) groups excluding carboxylic acids is 1. The molecule has 4 rings (SSSR count). The van der Waals surface area contributed by atoms with Crippen LogP contribution in [0.2, 0.25) is 0 Å². The summed E-state index contributed by atoms with van der Waals surface area (Å²) in [5.74, 6) is 0.502. The highest BCUT2D eigenvalue weighted by Gasteiger charge is 2.23. The molecule has 0 aliphatic heterocycles. The standard InChI is InChI=1S/C23H23NO3/c1-16-10-12-17(13-11-16)26-14-15-27-23(25)22-18-6-2-4-8-20(18)24-21-9-5-3-7-19(21)22/h2,4,6,8,10-13H,3,5,7,9,14-15H2,1H3. The van der Waals surface area contributed by atoms with Crippen molar-refractivity contribution in [2.75, 3.05) is 13.2 Å². The van der Waals surface area contributed by atoms with Crippen LogP contribution in [0.25, 0.3) is 10.9 Å². The minimum absolute atomic E-state index is 0.220. The van der Waals surface area contributed by atoms with Crippen LogP contribution in [0.3, 0.4) is 0 Å². The third kappa shape index (κ3) is 3.80. The number of fused-ring (bicyclic) bond motifs is 2. The molecule has 0 bridgehead atoms. The molecular weight excluding hydrogens is 338 g/mol. The third-order valence-electron chi connectivity index (χ3n) is 4.98. The average Bonchev–Trinajstić information content (AvgIpc) is 2.70. The Hall–Kier alpha value is -2.88. The normalized spacial score (nSPS) is 13.2.